The molecule has 0 aliphatic carbocycles. The topological polar surface area (TPSA) is 125 Å². The Labute approximate surface area is 293 Å². The van der Waals surface area contributed by atoms with Crippen LogP contribution in [-0.2, 0) is 27.0 Å². The highest BCUT2D eigenvalue weighted by Crippen LogP contribution is 2.42. The zero-order valence-corrected chi connectivity index (χ0v) is 28.9. The number of halogens is 10. The third-order valence-corrected chi connectivity index (χ3v) is 8.28. The minimum atomic E-state index is -4.72. The number of nitrogens with two attached hydrogens (primary N) is 1. The molecule has 2 aliphatic heterocycles. The van der Waals surface area contributed by atoms with Crippen molar-refractivity contribution in [3.05, 3.63) is 86.1 Å². The molecule has 0 saturated heterocycles. The molecule has 270 valence electrons. The van der Waals surface area contributed by atoms with Crippen molar-refractivity contribution >= 4 is 45.2 Å². The van der Waals surface area contributed by atoms with Gasteiger partial charge >= 0.3 is 12.4 Å². The van der Waals surface area contributed by atoms with Gasteiger partial charge in [0, 0.05) is 31.7 Å². The van der Waals surface area contributed by atoms with E-state index in [-0.39, 0.29) is 40.1 Å². The van der Waals surface area contributed by atoms with Gasteiger partial charge in [0.2, 0.25) is 0 Å². The highest BCUT2D eigenvalue weighted by molar-refractivity contribution is 9.10. The van der Waals surface area contributed by atoms with Crippen molar-refractivity contribution in [3.8, 4) is 0 Å². The Balaban J connectivity index is 0.000000244. The largest absolute Gasteiger partial charge is 0.468 e. The van der Waals surface area contributed by atoms with Gasteiger partial charge in [-0.1, -0.05) is 11.6 Å². The van der Waals surface area contributed by atoms with Crippen molar-refractivity contribution in [3.63, 3.8) is 0 Å². The number of pyridine rings is 3. The Morgan fingerprint density at radius 1 is 0.920 bits per heavy atom. The highest BCUT2D eigenvalue weighted by atomic mass is 79.9. The first-order valence-corrected chi connectivity index (χ1v) is 15.7. The molecule has 3 aromatic rings. The van der Waals surface area contributed by atoms with Crippen LogP contribution < -0.4 is 5.73 Å². The van der Waals surface area contributed by atoms with Crippen LogP contribution in [0.2, 0.25) is 5.02 Å². The molecule has 0 saturated carbocycles. The minimum absolute atomic E-state index is 0.0200. The maximum Gasteiger partial charge on any atom is 0.425 e. The van der Waals surface area contributed by atoms with Crippen molar-refractivity contribution in [1.82, 2.24) is 15.0 Å². The normalized spacial score (nSPS) is 23.8. The molecule has 0 fully saturated rings. The minimum Gasteiger partial charge on any atom is -0.468 e. The van der Waals surface area contributed by atoms with Crippen LogP contribution in [0.1, 0.15) is 66.7 Å². The Kier molecular flexibility index (Phi) is 11.2. The van der Waals surface area contributed by atoms with Crippen LogP contribution in [-0.4, -0.2) is 57.2 Å². The van der Waals surface area contributed by atoms with Gasteiger partial charge in [-0.15, -0.1) is 0 Å². The molecular weight excluding hydrogens is 772 g/mol. The van der Waals surface area contributed by atoms with E-state index in [0.29, 0.717) is 4.60 Å². The van der Waals surface area contributed by atoms with Gasteiger partial charge in [-0.3, -0.25) is 14.8 Å². The third-order valence-electron chi connectivity index (χ3n) is 7.55. The van der Waals surface area contributed by atoms with Crippen LogP contribution in [0.5, 0.6) is 0 Å². The summed E-state index contributed by atoms with van der Waals surface area (Å²) in [5.41, 5.74) is 2.67. The molecule has 9 nitrogen and oxygen atoms in total. The lowest BCUT2D eigenvalue weighted by Gasteiger charge is -2.35. The summed E-state index contributed by atoms with van der Waals surface area (Å²) in [6.45, 7) is 5.76. The number of rotatable bonds is 5. The molecule has 0 radical (unpaired) electrons. The molecular formula is C31H28BrClF8N6O3. The predicted octanol–water partition coefficient (Wildman–Crippen LogP) is 7.85. The summed E-state index contributed by atoms with van der Waals surface area (Å²) in [7, 11) is 0. The van der Waals surface area contributed by atoms with E-state index in [1.165, 1.54) is 39.1 Å². The monoisotopic (exact) mass is 798 g/mol. The molecule has 0 aromatic carbocycles. The van der Waals surface area contributed by atoms with Crippen LogP contribution in [0.4, 0.5) is 35.1 Å². The summed E-state index contributed by atoms with van der Waals surface area (Å²) < 4.78 is 116. The molecule has 19 heteroatoms. The number of hydrogen-bond donors (Lipinski definition) is 1. The molecule has 0 bridgehead atoms. The predicted molar refractivity (Wildman–Crippen MR) is 169 cm³/mol. The SMILES string of the molecule is CC1=N[C@](C)(c2nc(Br)ccc2F)C[C@@H](C(F)(F)F)O1.Cc1cnc(C(=O)Cc2ccc(F)c([C@]3(C)C[C@@H](C(F)(F)F)OC(N)=N3)n2)c(Cl)c1. The van der Waals surface area contributed by atoms with E-state index >= 15 is 0 Å². The summed E-state index contributed by atoms with van der Waals surface area (Å²) in [6, 6.07) is 5.65. The Hall–Kier alpha value is -3.93. The Morgan fingerprint density at radius 3 is 2.04 bits per heavy atom. The zero-order valence-electron chi connectivity index (χ0n) is 26.6. The first-order valence-electron chi connectivity index (χ1n) is 14.5. The number of amidine groups is 1. The van der Waals surface area contributed by atoms with Crippen LogP contribution in [0.25, 0.3) is 0 Å². The summed E-state index contributed by atoms with van der Waals surface area (Å²) >= 11 is 9.13. The first-order chi connectivity index (χ1) is 23.0. The van der Waals surface area contributed by atoms with Crippen molar-refractivity contribution in [1.29, 1.82) is 0 Å². The molecule has 50 heavy (non-hydrogen) atoms. The standard InChI is InChI=1S/C19H17ClF4N4O2.C12H11BrF4N2O/c1-9-5-11(20)15(26-8-9)13(29)6-10-3-4-12(21)16(27-10)18(2)7-14(19(22,23)24)30-17(25)28-18;1-6-19-11(2,5-8(20-6)12(15,16)17)10-7(14)3-4-9(13)18-10/h3-5,8,14H,6-7H2,1-2H3,(H2,25,28);3-4,8H,5H2,1-2H3/t14-,18-;8-,11-/m00/s1. The van der Waals surface area contributed by atoms with Crippen LogP contribution in [0.3, 0.4) is 0 Å². The van der Waals surface area contributed by atoms with E-state index in [1.54, 1.807) is 13.0 Å². The fraction of sp³-hybridized carbons (Fsp3) is 0.419. The summed E-state index contributed by atoms with van der Waals surface area (Å²) in [5, 5.41) is 0.157. The number of aromatic nitrogens is 3. The van der Waals surface area contributed by atoms with Crippen molar-refractivity contribution in [2.24, 2.45) is 15.7 Å². The van der Waals surface area contributed by atoms with Gasteiger partial charge in [-0.2, -0.15) is 26.3 Å². The second-order valence-corrected chi connectivity index (χ2v) is 13.1. The number of ether oxygens (including phenoxy) is 2. The van der Waals surface area contributed by atoms with Gasteiger partial charge in [0.1, 0.15) is 44.4 Å². The number of aliphatic imine (C=N–C) groups is 2. The number of Topliss-reactive ketones (excluding diaryl/α,β-unsaturated/α-hetero) is 1. The average molecular weight is 800 g/mol. The van der Waals surface area contributed by atoms with E-state index in [0.717, 1.165) is 17.7 Å². The third kappa shape index (κ3) is 9.04. The van der Waals surface area contributed by atoms with Gasteiger partial charge in [-0.05, 0) is 72.6 Å². The number of hydrogen-bond acceptors (Lipinski definition) is 9. The van der Waals surface area contributed by atoms with Crippen molar-refractivity contribution in [2.45, 2.75) is 82.6 Å². The van der Waals surface area contributed by atoms with Gasteiger partial charge < -0.3 is 15.2 Å². The maximum absolute atomic E-state index is 14.5. The number of ketones is 1. The number of carbonyl (C=O) groups is 1. The molecule has 3 aromatic heterocycles. The quantitative estimate of drug-likeness (QED) is 0.158. The van der Waals surface area contributed by atoms with Crippen LogP contribution in [0, 0.1) is 18.6 Å². The maximum atomic E-state index is 14.5. The summed E-state index contributed by atoms with van der Waals surface area (Å²) in [6.07, 6.45) is -13.6. The van der Waals surface area contributed by atoms with Crippen LogP contribution >= 0.6 is 27.5 Å². The van der Waals surface area contributed by atoms with Gasteiger partial charge in [0.05, 0.1) is 11.4 Å². The smallest absolute Gasteiger partial charge is 0.425 e. The molecule has 0 unspecified atom stereocenters. The molecule has 4 atom stereocenters. The lowest BCUT2D eigenvalue weighted by molar-refractivity contribution is -0.208. The summed E-state index contributed by atoms with van der Waals surface area (Å²) in [4.78, 5) is 32.4. The molecule has 0 amide bonds. The van der Waals surface area contributed by atoms with E-state index in [2.05, 4.69) is 45.6 Å². The lowest BCUT2D eigenvalue weighted by atomic mass is 9.89. The van der Waals surface area contributed by atoms with E-state index in [4.69, 9.17) is 22.1 Å². The fourth-order valence-electron chi connectivity index (χ4n) is 5.30. The molecule has 0 spiro atoms. The van der Waals surface area contributed by atoms with Gasteiger partial charge in [0.15, 0.2) is 23.9 Å². The Morgan fingerprint density at radius 2 is 1.46 bits per heavy atom. The molecule has 2 aliphatic rings. The van der Waals surface area contributed by atoms with Crippen molar-refractivity contribution in [2.75, 3.05) is 0 Å². The van der Waals surface area contributed by atoms with Crippen molar-refractivity contribution < 1.29 is 49.4 Å². The second-order valence-electron chi connectivity index (χ2n) is 11.9. The lowest BCUT2D eigenvalue weighted by Crippen LogP contribution is -2.46. The van der Waals surface area contributed by atoms with Crippen LogP contribution in [0.15, 0.2) is 51.1 Å². The summed E-state index contributed by atoms with van der Waals surface area (Å²) in [5.74, 6) is -2.18. The van der Waals surface area contributed by atoms with E-state index in [9.17, 15) is 39.9 Å². The molecule has 2 N–H and O–H groups in total. The van der Waals surface area contributed by atoms with E-state index < -0.39 is 71.9 Å². The van der Waals surface area contributed by atoms with Gasteiger partial charge in [-0.25, -0.2) is 23.7 Å². The second kappa shape index (κ2) is 14.4. The number of nitrogens with zero attached hydrogens (tertiary/aromatic N) is 5. The molecule has 5 rings (SSSR count). The zero-order chi connectivity index (χ0) is 37.4. The first kappa shape index (κ1) is 38.9. The average Bonchev–Trinajstić information content (AvgIpc) is 2.98. The molecule has 5 heterocycles. The number of carbonyl (C=O) groups excluding carboxylic acids is 1. The number of alkyl halides is 6. The number of aryl methyl sites for hydroxylation is 1. The van der Waals surface area contributed by atoms with E-state index in [1.807, 2.05) is 0 Å². The highest BCUT2D eigenvalue weighted by Gasteiger charge is 2.51. The fourth-order valence-corrected chi connectivity index (χ4v) is 5.93. The Bertz CT molecular complexity index is 1840. The van der Waals surface area contributed by atoms with Gasteiger partial charge in [0.25, 0.3) is 6.02 Å².